The molecule has 46 heavy (non-hydrogen) atoms. The van der Waals surface area contributed by atoms with Crippen molar-refractivity contribution >= 4 is 45.1 Å². The van der Waals surface area contributed by atoms with Gasteiger partial charge in [-0.1, -0.05) is 133 Å². The SMILES string of the molecule is c1ccc(-c2cc(Nc3cccc4c3-c3ccccc3C43c4ccccc4Sc4ccccc43)c3oc4ccccc4c3c2)cc1. The van der Waals surface area contributed by atoms with Gasteiger partial charge in [-0.05, 0) is 75.3 Å². The summed E-state index contributed by atoms with van der Waals surface area (Å²) in [5, 5.41) is 6.16. The van der Waals surface area contributed by atoms with E-state index >= 15 is 0 Å². The number of furan rings is 1. The molecule has 0 fully saturated rings. The Morgan fingerprint density at radius 3 is 1.93 bits per heavy atom. The molecule has 0 unspecified atom stereocenters. The molecule has 7 aromatic carbocycles. The number of fused-ring (bicyclic) bond motifs is 12. The summed E-state index contributed by atoms with van der Waals surface area (Å²) in [6, 6.07) is 57.0. The second-order valence-electron chi connectivity index (χ2n) is 12.1. The van der Waals surface area contributed by atoms with Crippen LogP contribution in [0.15, 0.2) is 172 Å². The smallest absolute Gasteiger partial charge is 0.158 e. The number of hydrogen-bond acceptors (Lipinski definition) is 3. The summed E-state index contributed by atoms with van der Waals surface area (Å²) < 4.78 is 6.57. The third-order valence-corrected chi connectivity index (χ3v) is 10.9. The van der Waals surface area contributed by atoms with Crippen LogP contribution in [0.1, 0.15) is 22.3 Å². The van der Waals surface area contributed by atoms with Crippen molar-refractivity contribution in [1.29, 1.82) is 0 Å². The Kier molecular flexibility index (Phi) is 5.46. The number of rotatable bonds is 3. The first-order valence-corrected chi connectivity index (χ1v) is 16.5. The van der Waals surface area contributed by atoms with Crippen LogP contribution in [-0.4, -0.2) is 0 Å². The molecule has 216 valence electrons. The fraction of sp³-hybridized carbons (Fsp3) is 0.0233. The van der Waals surface area contributed by atoms with Crippen LogP contribution in [0, 0.1) is 0 Å². The lowest BCUT2D eigenvalue weighted by atomic mass is 9.67. The first-order chi connectivity index (χ1) is 22.8. The van der Waals surface area contributed by atoms with Crippen molar-refractivity contribution in [3.8, 4) is 22.3 Å². The summed E-state index contributed by atoms with van der Waals surface area (Å²) in [5.41, 5.74) is 13.5. The Hall–Kier alpha value is -5.51. The molecule has 2 heterocycles. The first kappa shape index (κ1) is 25.8. The Labute approximate surface area is 271 Å². The maximum Gasteiger partial charge on any atom is 0.158 e. The maximum absolute atomic E-state index is 6.57. The maximum atomic E-state index is 6.57. The molecule has 0 saturated carbocycles. The molecule has 3 heteroatoms. The minimum Gasteiger partial charge on any atom is -0.454 e. The fourth-order valence-corrected chi connectivity index (χ4v) is 9.06. The van der Waals surface area contributed by atoms with E-state index in [9.17, 15) is 0 Å². The highest BCUT2D eigenvalue weighted by Crippen LogP contribution is 2.63. The molecule has 1 aromatic heterocycles. The van der Waals surface area contributed by atoms with Gasteiger partial charge in [0.05, 0.1) is 11.1 Å². The fourth-order valence-electron chi connectivity index (χ4n) is 7.87. The van der Waals surface area contributed by atoms with E-state index in [0.29, 0.717) is 0 Å². The second-order valence-corrected chi connectivity index (χ2v) is 13.2. The van der Waals surface area contributed by atoms with Crippen molar-refractivity contribution < 1.29 is 4.42 Å². The van der Waals surface area contributed by atoms with Crippen LogP contribution in [0.3, 0.4) is 0 Å². The zero-order valence-corrected chi connectivity index (χ0v) is 25.6. The van der Waals surface area contributed by atoms with E-state index in [4.69, 9.17) is 4.42 Å². The summed E-state index contributed by atoms with van der Waals surface area (Å²) in [5.74, 6) is 0. The Bertz CT molecular complexity index is 2450. The highest BCUT2D eigenvalue weighted by atomic mass is 32.2. The lowest BCUT2D eigenvalue weighted by Gasteiger charge is -2.39. The van der Waals surface area contributed by atoms with Crippen LogP contribution >= 0.6 is 11.8 Å². The van der Waals surface area contributed by atoms with Gasteiger partial charge in [0.25, 0.3) is 0 Å². The molecular formula is C43H27NOS. The van der Waals surface area contributed by atoms with Gasteiger partial charge in [-0.2, -0.15) is 0 Å². The molecular weight excluding hydrogens is 579 g/mol. The van der Waals surface area contributed by atoms with Crippen LogP contribution < -0.4 is 5.32 Å². The summed E-state index contributed by atoms with van der Waals surface area (Å²) in [6.45, 7) is 0. The van der Waals surface area contributed by atoms with Crippen molar-refractivity contribution in [2.45, 2.75) is 15.2 Å². The van der Waals surface area contributed by atoms with Crippen molar-refractivity contribution in [3.63, 3.8) is 0 Å². The van der Waals surface area contributed by atoms with Gasteiger partial charge in [0.2, 0.25) is 0 Å². The lowest BCUT2D eigenvalue weighted by Crippen LogP contribution is -2.31. The molecule has 0 bridgehead atoms. The molecule has 1 aliphatic carbocycles. The Morgan fingerprint density at radius 1 is 0.478 bits per heavy atom. The average molecular weight is 606 g/mol. The molecule has 8 aromatic rings. The summed E-state index contributed by atoms with van der Waals surface area (Å²) in [4.78, 5) is 2.61. The van der Waals surface area contributed by atoms with Crippen molar-refractivity contribution in [2.24, 2.45) is 0 Å². The van der Waals surface area contributed by atoms with Crippen molar-refractivity contribution in [1.82, 2.24) is 0 Å². The topological polar surface area (TPSA) is 25.2 Å². The van der Waals surface area contributed by atoms with E-state index in [1.165, 1.54) is 48.7 Å². The van der Waals surface area contributed by atoms with Crippen LogP contribution in [0.25, 0.3) is 44.2 Å². The van der Waals surface area contributed by atoms with E-state index in [1.807, 2.05) is 17.8 Å². The van der Waals surface area contributed by atoms with E-state index in [1.54, 1.807) is 0 Å². The van der Waals surface area contributed by atoms with Crippen molar-refractivity contribution in [3.05, 3.63) is 180 Å². The van der Waals surface area contributed by atoms with Gasteiger partial charge in [0, 0.05) is 31.8 Å². The number of para-hydroxylation sites is 1. The first-order valence-electron chi connectivity index (χ1n) is 15.7. The largest absolute Gasteiger partial charge is 0.454 e. The minimum atomic E-state index is -0.414. The van der Waals surface area contributed by atoms with Crippen LogP contribution in [0.4, 0.5) is 11.4 Å². The Balaban J connectivity index is 1.25. The van der Waals surface area contributed by atoms with Gasteiger partial charge in [-0.15, -0.1) is 0 Å². The molecule has 0 radical (unpaired) electrons. The van der Waals surface area contributed by atoms with Gasteiger partial charge in [-0.25, -0.2) is 0 Å². The summed E-state index contributed by atoms with van der Waals surface area (Å²) >= 11 is 1.87. The van der Waals surface area contributed by atoms with Crippen molar-refractivity contribution in [2.75, 3.05) is 5.32 Å². The second kappa shape index (κ2) is 9.74. The molecule has 10 rings (SSSR count). The monoisotopic (exact) mass is 605 g/mol. The molecule has 0 amide bonds. The predicted octanol–water partition coefficient (Wildman–Crippen LogP) is 11.8. The molecule has 2 nitrogen and oxygen atoms in total. The number of benzene rings is 7. The van der Waals surface area contributed by atoms with Crippen LogP contribution in [-0.2, 0) is 5.41 Å². The standard InChI is InChI=1S/C43H27NOS/c1-2-13-27(14-3-1)28-25-31-29-15-5-9-22-38(29)45-42(31)37(26-28)44-36-21-12-20-35-41(36)30-16-4-6-17-32(30)43(35)33-18-7-10-23-39(33)46-40-24-11-8-19-34(40)43/h1-26,44H. The van der Waals surface area contributed by atoms with Crippen LogP contribution in [0.2, 0.25) is 0 Å². The number of anilines is 2. The van der Waals surface area contributed by atoms with E-state index < -0.39 is 5.41 Å². The predicted molar refractivity (Wildman–Crippen MR) is 190 cm³/mol. The van der Waals surface area contributed by atoms with Crippen LogP contribution in [0.5, 0.6) is 0 Å². The number of nitrogens with one attached hydrogen (secondary N) is 1. The third-order valence-electron chi connectivity index (χ3n) is 9.73. The van der Waals surface area contributed by atoms with Gasteiger partial charge in [0.15, 0.2) is 5.58 Å². The van der Waals surface area contributed by atoms with Gasteiger partial charge >= 0.3 is 0 Å². The molecule has 1 aliphatic heterocycles. The lowest BCUT2D eigenvalue weighted by molar-refractivity contribution is 0.670. The average Bonchev–Trinajstić information content (AvgIpc) is 3.64. The molecule has 0 saturated heterocycles. The normalized spacial score (nSPS) is 13.7. The third kappa shape index (κ3) is 3.49. The van der Waals surface area contributed by atoms with E-state index in [0.717, 1.165) is 38.9 Å². The summed E-state index contributed by atoms with van der Waals surface area (Å²) in [6.07, 6.45) is 0. The Morgan fingerprint density at radius 2 is 1.13 bits per heavy atom. The zero-order chi connectivity index (χ0) is 30.2. The molecule has 1 N–H and O–H groups in total. The number of hydrogen-bond donors (Lipinski definition) is 1. The highest BCUT2D eigenvalue weighted by Gasteiger charge is 2.50. The molecule has 1 spiro atoms. The van der Waals surface area contributed by atoms with Gasteiger partial charge < -0.3 is 9.73 Å². The summed E-state index contributed by atoms with van der Waals surface area (Å²) in [7, 11) is 0. The van der Waals surface area contributed by atoms with E-state index in [2.05, 4.69) is 157 Å². The van der Waals surface area contributed by atoms with Gasteiger partial charge in [0.1, 0.15) is 5.58 Å². The molecule has 0 atom stereocenters. The molecule has 2 aliphatic rings. The van der Waals surface area contributed by atoms with Gasteiger partial charge in [-0.3, -0.25) is 0 Å². The zero-order valence-electron chi connectivity index (χ0n) is 24.8. The van der Waals surface area contributed by atoms with E-state index in [-0.39, 0.29) is 0 Å². The minimum absolute atomic E-state index is 0.414. The quantitative estimate of drug-likeness (QED) is 0.217. The highest BCUT2D eigenvalue weighted by molar-refractivity contribution is 7.99.